The average molecular weight is 319 g/mol. The van der Waals surface area contributed by atoms with Crippen LogP contribution in [-0.2, 0) is 13.6 Å². The predicted molar refractivity (Wildman–Crippen MR) is 78.2 cm³/mol. The number of anilines is 2. The fourth-order valence-corrected chi connectivity index (χ4v) is 1.74. The second-order valence-corrected chi connectivity index (χ2v) is 4.32. The first-order valence-electron chi connectivity index (χ1n) is 5.94. The third kappa shape index (κ3) is 5.19. The Hall–Kier alpha value is -1.59. The van der Waals surface area contributed by atoms with E-state index in [1.165, 1.54) is 0 Å². The second kappa shape index (κ2) is 8.55. The molecule has 0 amide bonds. The lowest BCUT2D eigenvalue weighted by Gasteiger charge is -2.08. The van der Waals surface area contributed by atoms with E-state index in [1.807, 2.05) is 30.3 Å². The number of benzene rings is 1. The van der Waals surface area contributed by atoms with E-state index in [0.29, 0.717) is 23.7 Å². The molecule has 0 radical (unpaired) electrons. The summed E-state index contributed by atoms with van der Waals surface area (Å²) in [6.45, 7) is 1.54. The molecule has 5 nitrogen and oxygen atoms in total. The summed E-state index contributed by atoms with van der Waals surface area (Å²) < 4.78 is 9.75. The minimum Gasteiger partial charge on any atom is -1.00 e. The number of nitrogen functional groups attached to an aromatic ring is 2. The highest BCUT2D eigenvalue weighted by atomic mass is 35.5. The first-order chi connectivity index (χ1) is 8.65. The van der Waals surface area contributed by atoms with Crippen molar-refractivity contribution in [2.75, 3.05) is 18.1 Å². The molecule has 7 heteroatoms. The number of aryl methyl sites for hydroxylation is 2. The van der Waals surface area contributed by atoms with Crippen molar-refractivity contribution in [3.63, 3.8) is 0 Å². The number of rotatable bonds is 5. The van der Waals surface area contributed by atoms with Gasteiger partial charge in [0.15, 0.2) is 0 Å². The van der Waals surface area contributed by atoms with Crippen LogP contribution in [0.25, 0.3) is 0 Å². The summed E-state index contributed by atoms with van der Waals surface area (Å²) in [4.78, 5) is 0. The molecule has 0 bridgehead atoms. The summed E-state index contributed by atoms with van der Waals surface area (Å²) in [5.41, 5.74) is 12.8. The van der Waals surface area contributed by atoms with Gasteiger partial charge in [0.25, 0.3) is 0 Å². The van der Waals surface area contributed by atoms with Gasteiger partial charge in [-0.15, -0.1) is 12.4 Å². The Morgan fingerprint density at radius 3 is 2.70 bits per heavy atom. The number of hydrogen-bond acceptors (Lipinski definition) is 3. The van der Waals surface area contributed by atoms with Crippen LogP contribution in [0.15, 0.2) is 36.9 Å². The van der Waals surface area contributed by atoms with Gasteiger partial charge in [0.05, 0.1) is 25.9 Å². The third-order valence-corrected chi connectivity index (χ3v) is 2.68. The Labute approximate surface area is 131 Å². The van der Waals surface area contributed by atoms with E-state index < -0.39 is 0 Å². The molecule has 2 rings (SSSR count). The Bertz CT molecular complexity index is 531. The third-order valence-electron chi connectivity index (χ3n) is 2.68. The molecule has 1 heterocycles. The van der Waals surface area contributed by atoms with Crippen molar-refractivity contribution in [1.29, 1.82) is 0 Å². The van der Waals surface area contributed by atoms with Crippen LogP contribution in [0.2, 0.25) is 0 Å². The SMILES string of the molecule is C[n+]1ccn(CCCOc2cc(N)ccc2N)c1.Cl.[Cl-]. The fraction of sp³-hybridized carbons (Fsp3) is 0.308. The lowest BCUT2D eigenvalue weighted by Crippen LogP contribution is -3.00. The van der Waals surface area contributed by atoms with E-state index in [0.717, 1.165) is 13.0 Å². The molecule has 0 saturated carbocycles. The number of hydrogen-bond donors (Lipinski definition) is 2. The quantitative estimate of drug-likeness (QED) is 0.395. The van der Waals surface area contributed by atoms with Crippen molar-refractivity contribution in [3.05, 3.63) is 36.9 Å². The van der Waals surface area contributed by atoms with Crippen LogP contribution >= 0.6 is 12.4 Å². The zero-order valence-corrected chi connectivity index (χ0v) is 12.9. The molecular formula is C13H20Cl2N4O. The minimum absolute atomic E-state index is 0. The number of imidazole rings is 1. The van der Waals surface area contributed by atoms with Crippen molar-refractivity contribution in [2.45, 2.75) is 13.0 Å². The lowest BCUT2D eigenvalue weighted by molar-refractivity contribution is -0.671. The summed E-state index contributed by atoms with van der Waals surface area (Å²) in [6.07, 6.45) is 7.00. The molecule has 4 N–H and O–H groups in total. The molecule has 0 atom stereocenters. The highest BCUT2D eigenvalue weighted by Gasteiger charge is 2.02. The fourth-order valence-electron chi connectivity index (χ4n) is 1.74. The normalized spacial score (nSPS) is 9.45. The summed E-state index contributed by atoms with van der Waals surface area (Å²) in [6, 6.07) is 5.28. The second-order valence-electron chi connectivity index (χ2n) is 4.32. The molecule has 112 valence electrons. The number of aromatic nitrogens is 2. The molecule has 1 aromatic carbocycles. The zero-order valence-electron chi connectivity index (χ0n) is 11.3. The lowest BCUT2D eigenvalue weighted by atomic mass is 10.2. The zero-order chi connectivity index (χ0) is 13.0. The Balaban J connectivity index is 0.00000180. The van der Waals surface area contributed by atoms with Crippen LogP contribution in [-0.4, -0.2) is 11.2 Å². The molecule has 0 aliphatic rings. The van der Waals surface area contributed by atoms with Gasteiger partial charge in [-0.2, -0.15) is 0 Å². The molecule has 0 saturated heterocycles. The van der Waals surface area contributed by atoms with Crippen molar-refractivity contribution in [2.24, 2.45) is 7.05 Å². The minimum atomic E-state index is 0. The van der Waals surface area contributed by atoms with Crippen LogP contribution < -0.4 is 33.2 Å². The molecular weight excluding hydrogens is 299 g/mol. The molecule has 0 aliphatic carbocycles. The maximum atomic E-state index is 5.80. The van der Waals surface area contributed by atoms with Gasteiger partial charge in [0.1, 0.15) is 18.1 Å². The number of nitrogens with two attached hydrogens (primary N) is 2. The monoisotopic (exact) mass is 318 g/mol. The van der Waals surface area contributed by atoms with Gasteiger partial charge in [-0.1, -0.05) is 0 Å². The molecule has 0 aliphatic heterocycles. The number of halogens is 2. The highest BCUT2D eigenvalue weighted by Crippen LogP contribution is 2.23. The molecule has 0 unspecified atom stereocenters. The number of ether oxygens (including phenoxy) is 1. The first-order valence-corrected chi connectivity index (χ1v) is 5.94. The van der Waals surface area contributed by atoms with Gasteiger partial charge in [0, 0.05) is 18.2 Å². The Morgan fingerprint density at radius 1 is 1.30 bits per heavy atom. The molecule has 0 spiro atoms. The number of nitrogens with zero attached hydrogens (tertiary/aromatic N) is 2. The van der Waals surface area contributed by atoms with Crippen molar-refractivity contribution in [3.8, 4) is 5.75 Å². The van der Waals surface area contributed by atoms with Crippen LogP contribution in [0, 0.1) is 0 Å². The van der Waals surface area contributed by atoms with Gasteiger partial charge < -0.3 is 28.6 Å². The van der Waals surface area contributed by atoms with Crippen molar-refractivity contribution in [1.82, 2.24) is 4.57 Å². The topological polar surface area (TPSA) is 70.1 Å². The summed E-state index contributed by atoms with van der Waals surface area (Å²) in [5, 5.41) is 0. The smallest absolute Gasteiger partial charge is 0.243 e. The average Bonchev–Trinajstić information content (AvgIpc) is 2.75. The van der Waals surface area contributed by atoms with E-state index >= 15 is 0 Å². The predicted octanol–water partition coefficient (Wildman–Crippen LogP) is -1.63. The van der Waals surface area contributed by atoms with E-state index in [2.05, 4.69) is 4.57 Å². The van der Waals surface area contributed by atoms with Gasteiger partial charge in [-0.05, 0) is 12.1 Å². The Kier molecular flexibility index (Phi) is 7.87. The van der Waals surface area contributed by atoms with Crippen LogP contribution in [0.4, 0.5) is 11.4 Å². The van der Waals surface area contributed by atoms with E-state index in [-0.39, 0.29) is 24.8 Å². The summed E-state index contributed by atoms with van der Waals surface area (Å²) in [5.74, 6) is 0.660. The first kappa shape index (κ1) is 18.4. The summed E-state index contributed by atoms with van der Waals surface area (Å²) in [7, 11) is 2.00. The van der Waals surface area contributed by atoms with Crippen LogP contribution in [0.1, 0.15) is 6.42 Å². The van der Waals surface area contributed by atoms with E-state index in [9.17, 15) is 0 Å². The molecule has 2 aromatic rings. The highest BCUT2D eigenvalue weighted by molar-refractivity contribution is 5.85. The van der Waals surface area contributed by atoms with Crippen molar-refractivity contribution >= 4 is 23.8 Å². The van der Waals surface area contributed by atoms with Crippen LogP contribution in [0.5, 0.6) is 5.75 Å². The van der Waals surface area contributed by atoms with Crippen LogP contribution in [0.3, 0.4) is 0 Å². The van der Waals surface area contributed by atoms with Gasteiger partial charge >= 0.3 is 0 Å². The Morgan fingerprint density at radius 2 is 2.05 bits per heavy atom. The maximum absolute atomic E-state index is 5.80. The molecule has 1 aromatic heterocycles. The van der Waals surface area contributed by atoms with Crippen molar-refractivity contribution < 1.29 is 21.7 Å². The van der Waals surface area contributed by atoms with Gasteiger partial charge in [-0.3, -0.25) is 0 Å². The maximum Gasteiger partial charge on any atom is 0.243 e. The molecule has 0 fully saturated rings. The largest absolute Gasteiger partial charge is 1.00 e. The summed E-state index contributed by atoms with van der Waals surface area (Å²) >= 11 is 0. The molecule has 20 heavy (non-hydrogen) atoms. The van der Waals surface area contributed by atoms with Gasteiger partial charge in [0.2, 0.25) is 6.33 Å². The van der Waals surface area contributed by atoms with E-state index in [1.54, 1.807) is 18.2 Å². The van der Waals surface area contributed by atoms with Gasteiger partial charge in [-0.25, -0.2) is 9.13 Å². The van der Waals surface area contributed by atoms with E-state index in [4.69, 9.17) is 16.2 Å². The standard InChI is InChI=1S/C13H19N4O.2ClH/c1-16-6-7-17(10-16)5-2-8-18-13-9-11(14)3-4-12(13)15;;/h3-4,6-7,9-10H,2,5,8,14-15H2,1H3;2*1H/q+1;;/p-1.